The SMILES string of the molecule is CC[C@H]1CN=C(Nc2ccc(/C(C)=N\NC(N)=O)cc2)S1. The number of hydrogen-bond acceptors (Lipinski definition) is 5. The fraction of sp³-hybridized carbons (Fsp3) is 0.357. The van der Waals surface area contributed by atoms with E-state index in [2.05, 4.69) is 27.8 Å². The minimum atomic E-state index is -0.672. The number of benzene rings is 1. The van der Waals surface area contributed by atoms with E-state index in [9.17, 15) is 4.79 Å². The van der Waals surface area contributed by atoms with Crippen LogP contribution in [0.25, 0.3) is 0 Å². The highest BCUT2D eigenvalue weighted by molar-refractivity contribution is 8.15. The minimum Gasteiger partial charge on any atom is -0.350 e. The topological polar surface area (TPSA) is 91.9 Å². The van der Waals surface area contributed by atoms with Crippen LogP contribution in [-0.2, 0) is 0 Å². The zero-order chi connectivity index (χ0) is 15.2. The molecule has 4 N–H and O–H groups in total. The van der Waals surface area contributed by atoms with Crippen molar-refractivity contribution in [1.82, 2.24) is 5.43 Å². The number of primary amides is 1. The highest BCUT2D eigenvalue weighted by atomic mass is 32.2. The number of hydrogen-bond donors (Lipinski definition) is 3. The third-order valence-corrected chi connectivity index (χ3v) is 4.33. The molecule has 0 saturated heterocycles. The van der Waals surface area contributed by atoms with Gasteiger partial charge in [-0.25, -0.2) is 10.2 Å². The Morgan fingerprint density at radius 2 is 2.19 bits per heavy atom. The number of urea groups is 1. The van der Waals surface area contributed by atoms with E-state index in [-0.39, 0.29) is 0 Å². The summed E-state index contributed by atoms with van der Waals surface area (Å²) in [5.41, 5.74) is 9.79. The number of nitrogens with zero attached hydrogens (tertiary/aromatic N) is 2. The van der Waals surface area contributed by atoms with Gasteiger partial charge in [-0.2, -0.15) is 5.10 Å². The number of nitrogens with one attached hydrogen (secondary N) is 2. The molecule has 1 aliphatic heterocycles. The molecule has 0 aliphatic carbocycles. The second-order valence-electron chi connectivity index (χ2n) is 4.67. The average Bonchev–Trinajstić information content (AvgIpc) is 2.93. The van der Waals surface area contributed by atoms with Crippen molar-refractivity contribution >= 4 is 34.4 Å². The van der Waals surface area contributed by atoms with E-state index in [1.165, 1.54) is 0 Å². The normalized spacial score (nSPS) is 18.3. The number of amides is 2. The van der Waals surface area contributed by atoms with Gasteiger partial charge in [-0.1, -0.05) is 30.8 Å². The predicted octanol–water partition coefficient (Wildman–Crippen LogP) is 2.37. The van der Waals surface area contributed by atoms with Crippen LogP contribution in [0.15, 0.2) is 34.4 Å². The molecule has 0 fully saturated rings. The molecule has 0 aromatic heterocycles. The predicted molar refractivity (Wildman–Crippen MR) is 89.0 cm³/mol. The van der Waals surface area contributed by atoms with E-state index in [0.29, 0.717) is 11.0 Å². The maximum atomic E-state index is 10.6. The molecular weight excluding hydrogens is 286 g/mol. The van der Waals surface area contributed by atoms with Gasteiger partial charge in [0.15, 0.2) is 5.17 Å². The van der Waals surface area contributed by atoms with Crippen LogP contribution in [0.4, 0.5) is 10.5 Å². The van der Waals surface area contributed by atoms with E-state index in [4.69, 9.17) is 5.73 Å². The fourth-order valence-corrected chi connectivity index (χ4v) is 2.78. The maximum absolute atomic E-state index is 10.6. The van der Waals surface area contributed by atoms with Crippen molar-refractivity contribution in [2.45, 2.75) is 25.5 Å². The van der Waals surface area contributed by atoms with Crippen molar-refractivity contribution in [3.05, 3.63) is 29.8 Å². The summed E-state index contributed by atoms with van der Waals surface area (Å²) in [6.07, 6.45) is 1.13. The van der Waals surface area contributed by atoms with Gasteiger partial charge in [-0.05, 0) is 31.0 Å². The van der Waals surface area contributed by atoms with Crippen molar-refractivity contribution in [3.8, 4) is 0 Å². The number of anilines is 1. The van der Waals surface area contributed by atoms with Crippen molar-refractivity contribution in [2.24, 2.45) is 15.8 Å². The zero-order valence-electron chi connectivity index (χ0n) is 12.1. The molecule has 6 nitrogen and oxygen atoms in total. The van der Waals surface area contributed by atoms with Gasteiger partial charge in [-0.15, -0.1) is 0 Å². The summed E-state index contributed by atoms with van der Waals surface area (Å²) in [5, 5.41) is 8.75. The molecule has 2 rings (SSSR count). The van der Waals surface area contributed by atoms with E-state index in [0.717, 1.165) is 29.4 Å². The third kappa shape index (κ3) is 4.49. The van der Waals surface area contributed by atoms with Gasteiger partial charge in [0.1, 0.15) is 0 Å². The summed E-state index contributed by atoms with van der Waals surface area (Å²) < 4.78 is 0. The van der Waals surface area contributed by atoms with Gasteiger partial charge in [-0.3, -0.25) is 4.99 Å². The molecule has 21 heavy (non-hydrogen) atoms. The molecule has 2 amide bonds. The lowest BCUT2D eigenvalue weighted by Crippen LogP contribution is -2.25. The number of hydrazone groups is 1. The third-order valence-electron chi connectivity index (χ3n) is 3.06. The number of amidine groups is 1. The number of carbonyl (C=O) groups is 1. The molecule has 0 radical (unpaired) electrons. The van der Waals surface area contributed by atoms with Crippen LogP contribution in [0.1, 0.15) is 25.8 Å². The molecule has 0 bridgehead atoms. The minimum absolute atomic E-state index is 0.584. The highest BCUT2D eigenvalue weighted by Gasteiger charge is 2.17. The second-order valence-corrected chi connectivity index (χ2v) is 5.96. The molecule has 1 aromatic carbocycles. The van der Waals surface area contributed by atoms with E-state index >= 15 is 0 Å². The van der Waals surface area contributed by atoms with Crippen LogP contribution in [0, 0.1) is 0 Å². The lowest BCUT2D eigenvalue weighted by Gasteiger charge is -2.08. The fourth-order valence-electron chi connectivity index (χ4n) is 1.82. The van der Waals surface area contributed by atoms with Crippen molar-refractivity contribution in [1.29, 1.82) is 0 Å². The number of nitrogens with two attached hydrogens (primary N) is 1. The molecule has 1 atom stereocenters. The summed E-state index contributed by atoms with van der Waals surface area (Å²) >= 11 is 1.78. The first-order chi connectivity index (χ1) is 10.1. The number of aliphatic imine (C=N–C) groups is 1. The Morgan fingerprint density at radius 1 is 1.48 bits per heavy atom. The van der Waals surface area contributed by atoms with Gasteiger partial charge in [0, 0.05) is 10.9 Å². The Hall–Kier alpha value is -2.02. The molecule has 1 heterocycles. The van der Waals surface area contributed by atoms with Gasteiger partial charge < -0.3 is 11.1 Å². The molecule has 0 saturated carbocycles. The molecule has 1 aliphatic rings. The second kappa shape index (κ2) is 7.12. The van der Waals surface area contributed by atoms with E-state index in [1.807, 2.05) is 24.3 Å². The number of carbonyl (C=O) groups excluding carboxylic acids is 1. The van der Waals surface area contributed by atoms with Crippen LogP contribution >= 0.6 is 11.8 Å². The first-order valence-electron chi connectivity index (χ1n) is 6.76. The molecular formula is C14H19N5OS. The van der Waals surface area contributed by atoms with Crippen LogP contribution in [0.2, 0.25) is 0 Å². The Balaban J connectivity index is 1.96. The van der Waals surface area contributed by atoms with Crippen LogP contribution < -0.4 is 16.5 Å². The summed E-state index contributed by atoms with van der Waals surface area (Å²) in [6, 6.07) is 7.11. The molecule has 0 unspecified atom stereocenters. The monoisotopic (exact) mass is 305 g/mol. The highest BCUT2D eigenvalue weighted by Crippen LogP contribution is 2.24. The van der Waals surface area contributed by atoms with Gasteiger partial charge in [0.05, 0.1) is 12.3 Å². The lowest BCUT2D eigenvalue weighted by atomic mass is 10.1. The average molecular weight is 305 g/mol. The molecule has 7 heteroatoms. The van der Waals surface area contributed by atoms with Crippen LogP contribution in [0.3, 0.4) is 0 Å². The van der Waals surface area contributed by atoms with Crippen molar-refractivity contribution < 1.29 is 4.79 Å². The zero-order valence-corrected chi connectivity index (χ0v) is 12.9. The molecule has 1 aromatic rings. The van der Waals surface area contributed by atoms with Crippen molar-refractivity contribution in [3.63, 3.8) is 0 Å². The lowest BCUT2D eigenvalue weighted by molar-refractivity contribution is 0.249. The molecule has 112 valence electrons. The number of rotatable bonds is 4. The molecule has 0 spiro atoms. The van der Waals surface area contributed by atoms with Crippen molar-refractivity contribution in [2.75, 3.05) is 11.9 Å². The smallest absolute Gasteiger partial charge is 0.332 e. The Kier molecular flexibility index (Phi) is 5.21. The first-order valence-corrected chi connectivity index (χ1v) is 7.64. The van der Waals surface area contributed by atoms with Gasteiger partial charge in [0.25, 0.3) is 0 Å². The standard InChI is InChI=1S/C14H19N5OS/c1-3-12-8-16-14(21-12)17-11-6-4-10(5-7-11)9(2)18-19-13(15)20/h4-7,12H,3,8H2,1-2H3,(H,16,17)(H3,15,19,20)/b18-9-/t12-/m0/s1. The summed E-state index contributed by atoms with van der Waals surface area (Å²) in [5.74, 6) is 0. The van der Waals surface area contributed by atoms with Gasteiger partial charge in [0.2, 0.25) is 0 Å². The van der Waals surface area contributed by atoms with Crippen LogP contribution in [-0.4, -0.2) is 28.7 Å². The van der Waals surface area contributed by atoms with E-state index in [1.54, 1.807) is 18.7 Å². The first kappa shape index (κ1) is 15.4. The quantitative estimate of drug-likeness (QED) is 0.589. The largest absolute Gasteiger partial charge is 0.350 e. The number of thioether (sulfide) groups is 1. The van der Waals surface area contributed by atoms with Gasteiger partial charge >= 0.3 is 6.03 Å². The Bertz CT molecular complexity index is 567. The maximum Gasteiger partial charge on any atom is 0.332 e. The van der Waals surface area contributed by atoms with E-state index < -0.39 is 6.03 Å². The Morgan fingerprint density at radius 3 is 2.76 bits per heavy atom. The summed E-state index contributed by atoms with van der Waals surface area (Å²) in [7, 11) is 0. The van der Waals surface area contributed by atoms with Crippen LogP contribution in [0.5, 0.6) is 0 Å². The summed E-state index contributed by atoms with van der Waals surface area (Å²) in [6.45, 7) is 4.86. The summed E-state index contributed by atoms with van der Waals surface area (Å²) in [4.78, 5) is 15.1. The Labute approximate surface area is 128 Å².